The van der Waals surface area contributed by atoms with Crippen LogP contribution in [0.15, 0.2) is 57.8 Å². The Kier molecular flexibility index (Phi) is 6.73. The number of aromatic nitrogens is 4. The van der Waals surface area contributed by atoms with Crippen molar-refractivity contribution in [2.45, 2.75) is 26.2 Å². The van der Waals surface area contributed by atoms with Crippen LogP contribution in [0.25, 0.3) is 15.9 Å². The van der Waals surface area contributed by atoms with E-state index in [2.05, 4.69) is 31.2 Å². The maximum Gasteiger partial charge on any atom is 0.359 e. The van der Waals surface area contributed by atoms with Crippen LogP contribution in [0.2, 0.25) is 0 Å². The second-order valence-electron chi connectivity index (χ2n) is 9.72. The molecule has 41 heavy (non-hydrogen) atoms. The van der Waals surface area contributed by atoms with E-state index in [1.165, 1.54) is 28.0 Å². The van der Waals surface area contributed by atoms with Gasteiger partial charge in [-0.15, -0.1) is 0 Å². The molecule has 1 atom stereocenters. The molecule has 0 bridgehead atoms. The lowest BCUT2D eigenvalue weighted by Gasteiger charge is -2.18. The maximum atomic E-state index is 14.0. The first kappa shape index (κ1) is 26.2. The van der Waals surface area contributed by atoms with Crippen molar-refractivity contribution < 1.29 is 9.50 Å². The van der Waals surface area contributed by atoms with Gasteiger partial charge in [0.1, 0.15) is 17.6 Å². The number of nitrogens with zero attached hydrogens (tertiary/aromatic N) is 5. The predicted octanol–water partition coefficient (Wildman–Crippen LogP) is 2.08. The molecule has 0 amide bonds. The first-order chi connectivity index (χ1) is 19.8. The first-order valence-electron chi connectivity index (χ1n) is 12.7. The van der Waals surface area contributed by atoms with Crippen molar-refractivity contribution in [1.82, 2.24) is 29.7 Å². The van der Waals surface area contributed by atoms with Gasteiger partial charge in [0.15, 0.2) is 5.13 Å². The number of halogens is 1. The second-order valence-corrected chi connectivity index (χ2v) is 10.7. The number of benzene rings is 2. The Morgan fingerprint density at radius 3 is 2.85 bits per heavy atom. The Bertz CT molecular complexity index is 1910. The number of aromatic hydroxyl groups is 1. The summed E-state index contributed by atoms with van der Waals surface area (Å²) in [7, 11) is 0. The molecule has 208 valence electrons. The van der Waals surface area contributed by atoms with E-state index >= 15 is 0 Å². The summed E-state index contributed by atoms with van der Waals surface area (Å²) in [4.78, 5) is 35.5. The van der Waals surface area contributed by atoms with Gasteiger partial charge >= 0.3 is 11.4 Å². The third-order valence-corrected chi connectivity index (χ3v) is 7.53. The molecule has 2 aromatic heterocycles. The molecule has 6 rings (SSSR count). The van der Waals surface area contributed by atoms with Crippen LogP contribution in [0.1, 0.15) is 23.6 Å². The van der Waals surface area contributed by atoms with Crippen molar-refractivity contribution in [3.05, 3.63) is 91.7 Å². The number of hydrogen-bond acceptors (Lipinski definition) is 11. The maximum absolute atomic E-state index is 14.0. The molecule has 2 aromatic carbocycles. The quantitative estimate of drug-likeness (QED) is 0.197. The van der Waals surface area contributed by atoms with E-state index < -0.39 is 17.2 Å². The van der Waals surface area contributed by atoms with Gasteiger partial charge in [0, 0.05) is 37.5 Å². The molecule has 4 aromatic rings. The summed E-state index contributed by atoms with van der Waals surface area (Å²) in [6.07, 6.45) is 3.47. The van der Waals surface area contributed by atoms with Crippen LogP contribution >= 0.6 is 11.3 Å². The lowest BCUT2D eigenvalue weighted by molar-refractivity contribution is 0.470. The van der Waals surface area contributed by atoms with Gasteiger partial charge in [0.25, 0.3) is 0 Å². The number of anilines is 2. The number of dihydropyridines is 1. The molecule has 4 heterocycles. The van der Waals surface area contributed by atoms with Gasteiger partial charge in [0.2, 0.25) is 5.95 Å². The zero-order valence-electron chi connectivity index (χ0n) is 21.7. The fourth-order valence-corrected chi connectivity index (χ4v) is 5.38. The number of phenolic OH excluding ortho intramolecular Hbond substituents is 1. The molecule has 0 aliphatic carbocycles. The molecule has 0 saturated carbocycles. The molecule has 1 unspecified atom stereocenters. The summed E-state index contributed by atoms with van der Waals surface area (Å²) in [5.74, 6) is -0.732. The molecular weight excluding hydrogens is 549 g/mol. The average molecular weight is 574 g/mol. The Labute approximate surface area is 236 Å². The molecule has 14 heteroatoms. The van der Waals surface area contributed by atoms with E-state index in [9.17, 15) is 24.3 Å². The molecule has 5 N–H and O–H groups in total. The topological polar surface area (TPSA) is 172 Å². The van der Waals surface area contributed by atoms with Crippen LogP contribution in [-0.2, 0) is 13.1 Å². The fourth-order valence-electron chi connectivity index (χ4n) is 4.41. The standard InChI is InChI=1S/C27H24FN9O3S/c1-14-4-18(11-30-9-14)37-26(39)35-24(36(27(37)40)13-15-2-3-19(28)16(5-15)8-29)32-10-17-6-22-20(7-21(17)38)33-25(41-22)34-23-12-31-23/h2-7,11,23,30-31,38H,9-10,12-13H2,1H3,(H,33,34)(H,32,35,39). The van der Waals surface area contributed by atoms with Crippen molar-refractivity contribution >= 4 is 38.3 Å². The average Bonchev–Trinajstić information content (AvgIpc) is 3.67. The third kappa shape index (κ3) is 5.40. The smallest absolute Gasteiger partial charge is 0.359 e. The third-order valence-electron chi connectivity index (χ3n) is 6.58. The summed E-state index contributed by atoms with van der Waals surface area (Å²) in [5.41, 5.74) is 1.21. The lowest BCUT2D eigenvalue weighted by Crippen LogP contribution is -2.43. The SMILES string of the molecule is CC1=CC(n2c(=O)nc(NCc3cc4sc(NC5CN5)nc4cc3O)n(Cc3ccc(F)c(C#N)c3)c2=O)=CNC1. The number of phenols is 1. The van der Waals surface area contributed by atoms with Gasteiger partial charge in [0.05, 0.1) is 34.2 Å². The van der Waals surface area contributed by atoms with Gasteiger partial charge in [-0.3, -0.25) is 9.88 Å². The summed E-state index contributed by atoms with van der Waals surface area (Å²) in [6.45, 7) is 3.25. The minimum absolute atomic E-state index is 0.00937. The van der Waals surface area contributed by atoms with Gasteiger partial charge in [-0.1, -0.05) is 23.0 Å². The highest BCUT2D eigenvalue weighted by atomic mass is 32.1. The van der Waals surface area contributed by atoms with Crippen molar-refractivity contribution in [3.8, 4) is 11.8 Å². The van der Waals surface area contributed by atoms with E-state index in [4.69, 9.17) is 0 Å². The molecule has 2 aliphatic heterocycles. The van der Waals surface area contributed by atoms with E-state index in [1.807, 2.05) is 6.92 Å². The lowest BCUT2D eigenvalue weighted by atomic mass is 10.1. The number of rotatable bonds is 8. The Hall–Kier alpha value is -5.00. The van der Waals surface area contributed by atoms with Crippen LogP contribution in [0, 0.1) is 17.1 Å². The van der Waals surface area contributed by atoms with Crippen LogP contribution in [-0.4, -0.2) is 43.5 Å². The first-order valence-corrected chi connectivity index (χ1v) is 13.5. The minimum Gasteiger partial charge on any atom is -0.508 e. The molecule has 1 fully saturated rings. The van der Waals surface area contributed by atoms with E-state index in [0.29, 0.717) is 28.9 Å². The van der Waals surface area contributed by atoms with Crippen molar-refractivity contribution in [2.75, 3.05) is 23.7 Å². The molecule has 0 radical (unpaired) electrons. The van der Waals surface area contributed by atoms with Crippen LogP contribution in [0.5, 0.6) is 5.75 Å². The second kappa shape index (κ2) is 10.5. The highest BCUT2D eigenvalue weighted by Crippen LogP contribution is 2.32. The Balaban J connectivity index is 1.37. The zero-order valence-corrected chi connectivity index (χ0v) is 22.5. The summed E-state index contributed by atoms with van der Waals surface area (Å²) < 4.78 is 17.0. The molecule has 2 aliphatic rings. The highest BCUT2D eigenvalue weighted by molar-refractivity contribution is 7.22. The normalized spacial score (nSPS) is 16.0. The fraction of sp³-hybridized carbons (Fsp3) is 0.222. The van der Waals surface area contributed by atoms with Crippen molar-refractivity contribution in [1.29, 1.82) is 5.26 Å². The van der Waals surface area contributed by atoms with Crippen LogP contribution in [0.3, 0.4) is 0 Å². The highest BCUT2D eigenvalue weighted by Gasteiger charge is 2.22. The zero-order chi connectivity index (χ0) is 28.7. The molecule has 1 saturated heterocycles. The molecular formula is C27H24FN9O3S. The van der Waals surface area contributed by atoms with E-state index in [1.54, 1.807) is 30.5 Å². The predicted molar refractivity (Wildman–Crippen MR) is 153 cm³/mol. The van der Waals surface area contributed by atoms with E-state index in [0.717, 1.165) is 32.6 Å². The van der Waals surface area contributed by atoms with Crippen LogP contribution < -0.4 is 32.6 Å². The largest absolute Gasteiger partial charge is 0.508 e. The van der Waals surface area contributed by atoms with Gasteiger partial charge in [-0.25, -0.2) is 23.5 Å². The molecule has 12 nitrogen and oxygen atoms in total. The summed E-state index contributed by atoms with van der Waals surface area (Å²) in [5, 5.41) is 33.1. The van der Waals surface area contributed by atoms with Gasteiger partial charge in [-0.2, -0.15) is 10.2 Å². The number of nitriles is 1. The number of thiazole rings is 1. The monoisotopic (exact) mass is 573 g/mol. The number of hydrogen-bond donors (Lipinski definition) is 5. The van der Waals surface area contributed by atoms with Crippen molar-refractivity contribution in [2.24, 2.45) is 0 Å². The summed E-state index contributed by atoms with van der Waals surface area (Å²) >= 11 is 1.44. The minimum atomic E-state index is -0.795. The van der Waals surface area contributed by atoms with Gasteiger partial charge in [-0.05, 0) is 36.8 Å². The number of fused-ring (bicyclic) bond motifs is 1. The molecule has 0 spiro atoms. The van der Waals surface area contributed by atoms with Gasteiger partial charge < -0.3 is 21.1 Å². The number of allylic oxidation sites excluding steroid dienone is 2. The summed E-state index contributed by atoms with van der Waals surface area (Å²) in [6, 6.07) is 9.10. The van der Waals surface area contributed by atoms with Crippen molar-refractivity contribution in [3.63, 3.8) is 0 Å². The Morgan fingerprint density at radius 1 is 1.27 bits per heavy atom. The number of nitrogens with one attached hydrogen (secondary N) is 4. The van der Waals surface area contributed by atoms with E-state index in [-0.39, 0.29) is 36.5 Å². The van der Waals surface area contributed by atoms with Crippen LogP contribution in [0.4, 0.5) is 15.5 Å². The Morgan fingerprint density at radius 2 is 2.10 bits per heavy atom.